The number of halogens is 2. The van der Waals surface area contributed by atoms with Crippen molar-refractivity contribution in [1.29, 1.82) is 0 Å². The third-order valence-corrected chi connectivity index (χ3v) is 1.86. The normalized spacial score (nSPS) is 15.5. The third-order valence-electron chi connectivity index (χ3n) is 1.86. The Labute approximate surface area is 75.0 Å². The third kappa shape index (κ3) is 2.02. The molecule has 2 atom stereocenters. The summed E-state index contributed by atoms with van der Waals surface area (Å²) in [4.78, 5) is 0. The van der Waals surface area contributed by atoms with Gasteiger partial charge in [-0.25, -0.2) is 8.78 Å². The molecule has 0 radical (unpaired) electrons. The van der Waals surface area contributed by atoms with Gasteiger partial charge in [-0.2, -0.15) is 0 Å². The minimum absolute atomic E-state index is 0.00463. The maximum absolute atomic E-state index is 13.0. The molecule has 0 amide bonds. The van der Waals surface area contributed by atoms with Gasteiger partial charge in [0.1, 0.15) is 0 Å². The number of aliphatic hydroxyl groups excluding tert-OH is 1. The fourth-order valence-electron chi connectivity index (χ4n) is 1.04. The molecule has 0 aliphatic rings. The maximum Gasteiger partial charge on any atom is 0.163 e. The van der Waals surface area contributed by atoms with Gasteiger partial charge >= 0.3 is 0 Å². The minimum Gasteiger partial charge on any atom is -0.391 e. The van der Waals surface area contributed by atoms with Crippen LogP contribution in [0.25, 0.3) is 0 Å². The molecule has 0 spiro atoms. The van der Waals surface area contributed by atoms with Gasteiger partial charge in [-0.3, -0.25) is 0 Å². The fraction of sp³-hybridized carbons (Fsp3) is 0.333. The van der Waals surface area contributed by atoms with Gasteiger partial charge in [-0.15, -0.1) is 0 Å². The number of aliphatic hydroxyl groups is 1. The molecular formula is C9H11F2NO. The molecule has 1 aromatic rings. The molecule has 0 saturated carbocycles. The van der Waals surface area contributed by atoms with E-state index in [4.69, 9.17) is 10.8 Å². The Morgan fingerprint density at radius 1 is 1.38 bits per heavy atom. The smallest absolute Gasteiger partial charge is 0.163 e. The SMILES string of the molecule is CC(O)C(N)c1cccc(F)c1F. The van der Waals surface area contributed by atoms with Crippen LogP contribution in [0.15, 0.2) is 18.2 Å². The summed E-state index contributed by atoms with van der Waals surface area (Å²) < 4.78 is 25.7. The lowest BCUT2D eigenvalue weighted by Gasteiger charge is -2.15. The van der Waals surface area contributed by atoms with E-state index in [0.717, 1.165) is 6.07 Å². The summed E-state index contributed by atoms with van der Waals surface area (Å²) in [6.07, 6.45) is -0.906. The molecule has 0 saturated heterocycles. The monoisotopic (exact) mass is 187 g/mol. The van der Waals surface area contributed by atoms with E-state index >= 15 is 0 Å². The Hall–Kier alpha value is -1.00. The van der Waals surface area contributed by atoms with Crippen molar-refractivity contribution < 1.29 is 13.9 Å². The average Bonchev–Trinajstić information content (AvgIpc) is 2.08. The number of hydrogen-bond acceptors (Lipinski definition) is 2. The van der Waals surface area contributed by atoms with E-state index in [2.05, 4.69) is 0 Å². The molecule has 0 aliphatic carbocycles. The van der Waals surface area contributed by atoms with Crippen LogP contribution in [0, 0.1) is 11.6 Å². The van der Waals surface area contributed by atoms with Crippen molar-refractivity contribution >= 4 is 0 Å². The van der Waals surface area contributed by atoms with Crippen LogP contribution in [-0.2, 0) is 0 Å². The van der Waals surface area contributed by atoms with E-state index in [1.807, 2.05) is 0 Å². The number of nitrogens with two attached hydrogens (primary N) is 1. The first-order valence-corrected chi connectivity index (χ1v) is 3.91. The highest BCUT2D eigenvalue weighted by atomic mass is 19.2. The van der Waals surface area contributed by atoms with Crippen LogP contribution < -0.4 is 5.73 Å². The minimum atomic E-state index is -0.990. The van der Waals surface area contributed by atoms with E-state index in [-0.39, 0.29) is 5.56 Å². The molecule has 0 aromatic heterocycles. The predicted octanol–water partition coefficient (Wildman–Crippen LogP) is 1.35. The highest BCUT2D eigenvalue weighted by molar-refractivity contribution is 5.22. The van der Waals surface area contributed by atoms with E-state index in [1.54, 1.807) is 0 Å². The second-order valence-corrected chi connectivity index (χ2v) is 2.91. The van der Waals surface area contributed by atoms with Crippen molar-refractivity contribution in [2.75, 3.05) is 0 Å². The van der Waals surface area contributed by atoms with Crippen molar-refractivity contribution in [2.45, 2.75) is 19.1 Å². The first-order chi connectivity index (χ1) is 6.04. The molecule has 0 fully saturated rings. The Balaban J connectivity index is 3.07. The Morgan fingerprint density at radius 2 is 2.00 bits per heavy atom. The highest BCUT2D eigenvalue weighted by Gasteiger charge is 2.18. The van der Waals surface area contributed by atoms with Crippen LogP contribution in [0.1, 0.15) is 18.5 Å². The standard InChI is InChI=1S/C9H11F2NO/c1-5(13)9(12)6-3-2-4-7(10)8(6)11/h2-5,9,13H,12H2,1H3. The summed E-state index contributed by atoms with van der Waals surface area (Å²) in [6, 6.07) is 2.83. The zero-order chi connectivity index (χ0) is 10.0. The molecule has 13 heavy (non-hydrogen) atoms. The van der Waals surface area contributed by atoms with Crippen molar-refractivity contribution in [3.63, 3.8) is 0 Å². The summed E-state index contributed by atoms with van der Waals surface area (Å²) in [5.41, 5.74) is 5.45. The molecule has 0 bridgehead atoms. The largest absolute Gasteiger partial charge is 0.391 e. The zero-order valence-corrected chi connectivity index (χ0v) is 7.17. The molecule has 1 aromatic carbocycles. The van der Waals surface area contributed by atoms with Crippen LogP contribution in [0.2, 0.25) is 0 Å². The first kappa shape index (κ1) is 10.1. The fourth-order valence-corrected chi connectivity index (χ4v) is 1.04. The van der Waals surface area contributed by atoms with Gasteiger partial charge in [0.25, 0.3) is 0 Å². The van der Waals surface area contributed by atoms with Crippen LogP contribution in [0.4, 0.5) is 8.78 Å². The Bertz CT molecular complexity index is 302. The van der Waals surface area contributed by atoms with E-state index in [1.165, 1.54) is 19.1 Å². The van der Waals surface area contributed by atoms with Crippen molar-refractivity contribution in [1.82, 2.24) is 0 Å². The van der Waals surface area contributed by atoms with Gasteiger partial charge in [0.15, 0.2) is 11.6 Å². The predicted molar refractivity (Wildman–Crippen MR) is 45.0 cm³/mol. The van der Waals surface area contributed by atoms with Crippen LogP contribution in [-0.4, -0.2) is 11.2 Å². The summed E-state index contributed by atoms with van der Waals surface area (Å²) in [7, 11) is 0. The summed E-state index contributed by atoms with van der Waals surface area (Å²) in [5.74, 6) is -1.94. The van der Waals surface area contributed by atoms with Gasteiger partial charge in [0.05, 0.1) is 12.1 Å². The quantitative estimate of drug-likeness (QED) is 0.734. The summed E-state index contributed by atoms with van der Waals surface area (Å²) in [6.45, 7) is 1.43. The molecule has 0 aliphatic heterocycles. The summed E-state index contributed by atoms with van der Waals surface area (Å²) >= 11 is 0. The lowest BCUT2D eigenvalue weighted by atomic mass is 10.0. The maximum atomic E-state index is 13.0. The molecule has 0 heterocycles. The van der Waals surface area contributed by atoms with Gasteiger partial charge in [0.2, 0.25) is 0 Å². The van der Waals surface area contributed by atoms with Crippen molar-refractivity contribution in [3.05, 3.63) is 35.4 Å². The molecule has 2 unspecified atom stereocenters. The average molecular weight is 187 g/mol. The van der Waals surface area contributed by atoms with Crippen molar-refractivity contribution in [2.24, 2.45) is 5.73 Å². The van der Waals surface area contributed by atoms with Gasteiger partial charge < -0.3 is 10.8 Å². The molecular weight excluding hydrogens is 176 g/mol. The highest BCUT2D eigenvalue weighted by Crippen LogP contribution is 2.19. The Kier molecular flexibility index (Phi) is 2.95. The first-order valence-electron chi connectivity index (χ1n) is 3.91. The zero-order valence-electron chi connectivity index (χ0n) is 7.17. The van der Waals surface area contributed by atoms with Crippen LogP contribution >= 0.6 is 0 Å². The Morgan fingerprint density at radius 3 is 2.54 bits per heavy atom. The van der Waals surface area contributed by atoms with E-state index in [9.17, 15) is 8.78 Å². The van der Waals surface area contributed by atoms with Crippen molar-refractivity contribution in [3.8, 4) is 0 Å². The van der Waals surface area contributed by atoms with Gasteiger partial charge in [-0.1, -0.05) is 12.1 Å². The topological polar surface area (TPSA) is 46.2 Å². The van der Waals surface area contributed by atoms with E-state index in [0.29, 0.717) is 0 Å². The lowest BCUT2D eigenvalue weighted by Crippen LogP contribution is -2.24. The molecule has 3 N–H and O–H groups in total. The van der Waals surface area contributed by atoms with E-state index < -0.39 is 23.8 Å². The summed E-state index contributed by atoms with van der Waals surface area (Å²) in [5, 5.41) is 9.08. The van der Waals surface area contributed by atoms with Gasteiger partial charge in [0, 0.05) is 5.56 Å². The number of hydrogen-bond donors (Lipinski definition) is 2. The number of benzene rings is 1. The molecule has 2 nitrogen and oxygen atoms in total. The number of rotatable bonds is 2. The van der Waals surface area contributed by atoms with Crippen LogP contribution in [0.5, 0.6) is 0 Å². The second kappa shape index (κ2) is 3.81. The molecule has 72 valence electrons. The second-order valence-electron chi connectivity index (χ2n) is 2.91. The lowest BCUT2D eigenvalue weighted by molar-refractivity contribution is 0.162. The molecule has 1 rings (SSSR count). The van der Waals surface area contributed by atoms with Crippen LogP contribution in [0.3, 0.4) is 0 Å². The van der Waals surface area contributed by atoms with Gasteiger partial charge in [-0.05, 0) is 13.0 Å². The molecule has 4 heteroatoms.